The van der Waals surface area contributed by atoms with Crippen LogP contribution in [0.5, 0.6) is 5.75 Å². The van der Waals surface area contributed by atoms with Gasteiger partial charge in [0.2, 0.25) is 0 Å². The number of aliphatic hydroxyl groups is 2. The first-order valence-corrected chi connectivity index (χ1v) is 17.8. The molecular formula is C38H50ClN3O8. The van der Waals surface area contributed by atoms with Gasteiger partial charge in [-0.2, -0.15) is 0 Å². The highest BCUT2D eigenvalue weighted by atomic mass is 35.5. The lowest BCUT2D eigenvalue weighted by Crippen LogP contribution is -2.66. The first-order valence-electron chi connectivity index (χ1n) is 17.4. The van der Waals surface area contributed by atoms with Gasteiger partial charge in [-0.15, -0.1) is 0 Å². The SMILES string of the molecule is COc1ccc(CN(C)CC(C)[C@@H]2CC[C@@H](C)[C@@]3(O)[C@@H]2C=C(C)[C@@H](OC(C)=O)[C@@H]3OC(=O)[C@@H]2C[C@@]3(O)c4cccc(Cl)c4N(C)O[C@H]3N2)cc1. The van der Waals surface area contributed by atoms with E-state index in [4.69, 9.17) is 30.6 Å². The normalized spacial score (nSPS) is 33.9. The monoisotopic (exact) mass is 711 g/mol. The molecule has 2 aromatic carbocycles. The van der Waals surface area contributed by atoms with Gasteiger partial charge >= 0.3 is 11.9 Å². The third-order valence-electron chi connectivity index (χ3n) is 11.4. The zero-order valence-electron chi connectivity index (χ0n) is 29.9. The Balaban J connectivity index is 1.24. The Morgan fingerprint density at radius 2 is 1.88 bits per heavy atom. The van der Waals surface area contributed by atoms with Crippen molar-refractivity contribution in [3.05, 3.63) is 70.3 Å². The van der Waals surface area contributed by atoms with E-state index in [9.17, 15) is 19.8 Å². The number of para-hydroxylation sites is 1. The van der Waals surface area contributed by atoms with E-state index >= 15 is 0 Å². The molecule has 272 valence electrons. The molecule has 0 bridgehead atoms. The Morgan fingerprint density at radius 3 is 2.56 bits per heavy atom. The Morgan fingerprint density at radius 1 is 1.16 bits per heavy atom. The fraction of sp³-hybridized carbons (Fsp3) is 0.579. The summed E-state index contributed by atoms with van der Waals surface area (Å²) in [4.78, 5) is 34.8. The van der Waals surface area contributed by atoms with E-state index in [0.29, 0.717) is 22.7 Å². The van der Waals surface area contributed by atoms with E-state index in [-0.39, 0.29) is 30.1 Å². The first kappa shape index (κ1) is 36.6. The minimum Gasteiger partial charge on any atom is -0.497 e. The average molecular weight is 712 g/mol. The highest BCUT2D eigenvalue weighted by Crippen LogP contribution is 2.53. The highest BCUT2D eigenvalue weighted by Gasteiger charge is 2.62. The molecule has 0 radical (unpaired) electrons. The van der Waals surface area contributed by atoms with E-state index < -0.39 is 47.6 Å². The number of nitrogens with one attached hydrogen (secondary N) is 1. The van der Waals surface area contributed by atoms with Gasteiger partial charge in [-0.1, -0.05) is 55.8 Å². The smallest absolute Gasteiger partial charge is 0.323 e. The topological polar surface area (TPSA) is 130 Å². The van der Waals surface area contributed by atoms with Crippen LogP contribution in [-0.4, -0.2) is 84.9 Å². The second-order valence-electron chi connectivity index (χ2n) is 14.8. The zero-order chi connectivity index (χ0) is 36.1. The van der Waals surface area contributed by atoms with Crippen LogP contribution >= 0.6 is 11.6 Å². The molecule has 1 unspecified atom stereocenters. The van der Waals surface area contributed by atoms with Crippen molar-refractivity contribution >= 4 is 29.2 Å². The number of benzene rings is 2. The minimum atomic E-state index is -1.57. The maximum atomic E-state index is 14.1. The summed E-state index contributed by atoms with van der Waals surface area (Å²) in [6.45, 7) is 8.90. The number of ether oxygens (including phenoxy) is 3. The number of hydrogen-bond acceptors (Lipinski definition) is 11. The largest absolute Gasteiger partial charge is 0.497 e. The maximum absolute atomic E-state index is 14.1. The number of carbonyl (C=O) groups excluding carboxylic acids is 2. The second kappa shape index (κ2) is 14.1. The van der Waals surface area contributed by atoms with Crippen LogP contribution in [0, 0.1) is 23.7 Å². The van der Waals surface area contributed by atoms with Crippen LogP contribution in [-0.2, 0) is 36.0 Å². The van der Waals surface area contributed by atoms with Crippen molar-refractivity contribution in [3.63, 3.8) is 0 Å². The molecule has 50 heavy (non-hydrogen) atoms. The van der Waals surface area contributed by atoms with E-state index in [1.54, 1.807) is 32.4 Å². The Labute approximate surface area is 299 Å². The lowest BCUT2D eigenvalue weighted by molar-refractivity contribution is -0.225. The molecule has 10 atom stereocenters. The van der Waals surface area contributed by atoms with Crippen molar-refractivity contribution < 1.29 is 38.9 Å². The van der Waals surface area contributed by atoms with Gasteiger partial charge < -0.3 is 29.3 Å². The van der Waals surface area contributed by atoms with Gasteiger partial charge in [-0.25, -0.2) is 0 Å². The van der Waals surface area contributed by atoms with Crippen LogP contribution in [0.2, 0.25) is 5.02 Å². The summed E-state index contributed by atoms with van der Waals surface area (Å²) in [5, 5.41) is 29.7. The molecule has 0 spiro atoms. The molecule has 6 rings (SSSR count). The molecule has 2 heterocycles. The number of hydroxylamine groups is 1. The maximum Gasteiger partial charge on any atom is 0.323 e. The third-order valence-corrected chi connectivity index (χ3v) is 11.7. The Bertz CT molecular complexity index is 1620. The zero-order valence-corrected chi connectivity index (χ0v) is 30.6. The van der Waals surface area contributed by atoms with Crippen molar-refractivity contribution in [2.24, 2.45) is 23.7 Å². The predicted molar refractivity (Wildman–Crippen MR) is 188 cm³/mol. The van der Waals surface area contributed by atoms with Gasteiger partial charge in [0.1, 0.15) is 23.0 Å². The average Bonchev–Trinajstić information content (AvgIpc) is 3.41. The molecule has 3 N–H and O–H groups in total. The fourth-order valence-corrected chi connectivity index (χ4v) is 9.19. The molecule has 2 aliphatic carbocycles. The molecule has 4 aliphatic rings. The van der Waals surface area contributed by atoms with Crippen LogP contribution in [0.3, 0.4) is 0 Å². The summed E-state index contributed by atoms with van der Waals surface area (Å²) >= 11 is 6.46. The third kappa shape index (κ3) is 6.52. The van der Waals surface area contributed by atoms with E-state index in [1.165, 1.54) is 17.6 Å². The molecule has 0 aromatic heterocycles. The molecule has 1 saturated heterocycles. The molecule has 0 amide bonds. The number of carbonyl (C=O) groups is 2. The lowest BCUT2D eigenvalue weighted by atomic mass is 9.55. The van der Waals surface area contributed by atoms with Gasteiger partial charge in [0.05, 0.1) is 17.8 Å². The van der Waals surface area contributed by atoms with E-state index in [2.05, 4.69) is 36.3 Å². The van der Waals surface area contributed by atoms with Gasteiger partial charge in [-0.3, -0.25) is 24.8 Å². The highest BCUT2D eigenvalue weighted by molar-refractivity contribution is 6.33. The minimum absolute atomic E-state index is 0.0466. The standard InChI is InChI=1S/C38H50ClN3O8/c1-21-17-29-27(22(2)19-41(5)20-25-12-14-26(47-7)15-13-25)16-11-23(3)38(29,46)34(33(21)48-24(4)43)49-35(44)31-18-37(45)28-9-8-10-30(39)32(28)42(6)50-36(37)40-31/h8-10,12-15,17,22-23,27,29,31,33-34,36,40,45-46H,11,16,18-20H2,1-7H3/t22?,23-,27+,29-,31+,33-,34+,36-,37-,38-/m1/s1. The van der Waals surface area contributed by atoms with Crippen molar-refractivity contribution in [3.8, 4) is 5.75 Å². The van der Waals surface area contributed by atoms with Crippen molar-refractivity contribution in [1.82, 2.24) is 10.2 Å². The molecule has 12 heteroatoms. The van der Waals surface area contributed by atoms with Crippen LogP contribution in [0.15, 0.2) is 54.1 Å². The van der Waals surface area contributed by atoms with Crippen LogP contribution < -0.4 is 15.1 Å². The molecular weight excluding hydrogens is 662 g/mol. The lowest BCUT2D eigenvalue weighted by Gasteiger charge is -2.56. The van der Waals surface area contributed by atoms with Gasteiger partial charge in [0.15, 0.2) is 18.4 Å². The van der Waals surface area contributed by atoms with Crippen molar-refractivity contribution in [2.45, 2.75) is 89.2 Å². The number of hydrogen-bond donors (Lipinski definition) is 3. The number of esters is 2. The van der Waals surface area contributed by atoms with Crippen molar-refractivity contribution in [1.29, 1.82) is 0 Å². The molecule has 2 aliphatic heterocycles. The number of halogens is 1. The summed E-state index contributed by atoms with van der Waals surface area (Å²) < 4.78 is 17.4. The molecule has 2 aromatic rings. The summed E-state index contributed by atoms with van der Waals surface area (Å²) in [5.41, 5.74) is -0.119. The summed E-state index contributed by atoms with van der Waals surface area (Å²) in [7, 11) is 5.43. The number of anilines is 1. The predicted octanol–water partition coefficient (Wildman–Crippen LogP) is 4.57. The number of fused-ring (bicyclic) bond motifs is 4. The fourth-order valence-electron chi connectivity index (χ4n) is 8.89. The van der Waals surface area contributed by atoms with Crippen LogP contribution in [0.1, 0.15) is 58.1 Å². The van der Waals surface area contributed by atoms with Crippen molar-refractivity contribution in [2.75, 3.05) is 32.8 Å². The Hall–Kier alpha value is -3.19. The number of rotatable bonds is 9. The summed E-state index contributed by atoms with van der Waals surface area (Å²) in [5.74, 6) is -0.754. The molecule has 1 saturated carbocycles. The Kier molecular flexibility index (Phi) is 10.3. The summed E-state index contributed by atoms with van der Waals surface area (Å²) in [6, 6.07) is 12.3. The van der Waals surface area contributed by atoms with E-state index in [1.807, 2.05) is 32.1 Å². The first-order chi connectivity index (χ1) is 23.7. The summed E-state index contributed by atoms with van der Waals surface area (Å²) in [6.07, 6.45) is 0.501. The van der Waals surface area contributed by atoms with Crippen LogP contribution in [0.4, 0.5) is 5.69 Å². The van der Waals surface area contributed by atoms with Gasteiger partial charge in [0.25, 0.3) is 0 Å². The second-order valence-corrected chi connectivity index (χ2v) is 15.2. The van der Waals surface area contributed by atoms with Gasteiger partial charge in [0, 0.05) is 45.0 Å². The quantitative estimate of drug-likeness (QED) is 0.250. The molecule has 2 fully saturated rings. The van der Waals surface area contributed by atoms with E-state index in [0.717, 1.165) is 30.8 Å². The molecule has 11 nitrogen and oxygen atoms in total. The van der Waals surface area contributed by atoms with Gasteiger partial charge in [-0.05, 0) is 73.9 Å². The number of nitrogens with zero attached hydrogens (tertiary/aromatic N) is 2. The number of methoxy groups -OCH3 is 1. The van der Waals surface area contributed by atoms with Crippen LogP contribution in [0.25, 0.3) is 0 Å².